The zero-order chi connectivity index (χ0) is 18.6. The van der Waals surface area contributed by atoms with Gasteiger partial charge in [0.2, 0.25) is 0 Å². The van der Waals surface area contributed by atoms with Crippen LogP contribution in [0.2, 0.25) is 0 Å². The second-order valence-electron chi connectivity index (χ2n) is 6.67. The zero-order valence-electron chi connectivity index (χ0n) is 15.2. The first kappa shape index (κ1) is 17.6. The van der Waals surface area contributed by atoms with Crippen LogP contribution >= 0.6 is 0 Å². The van der Waals surface area contributed by atoms with Crippen LogP contribution in [0, 0.1) is 5.82 Å². The van der Waals surface area contributed by atoms with E-state index in [0.29, 0.717) is 6.61 Å². The normalized spacial score (nSPS) is 15.9. The first-order valence-corrected chi connectivity index (χ1v) is 9.11. The van der Waals surface area contributed by atoms with Crippen molar-refractivity contribution in [2.75, 3.05) is 13.7 Å². The minimum atomic E-state index is -0.341. The van der Waals surface area contributed by atoms with Gasteiger partial charge in [0.05, 0.1) is 13.2 Å². The SMILES string of the molecule is COc1ccc(C2NCCc3cc(OCc4ccccc4)ccc32)cc1F. The number of methoxy groups -OCH3 is 1. The summed E-state index contributed by atoms with van der Waals surface area (Å²) < 4.78 is 25.1. The van der Waals surface area contributed by atoms with Gasteiger partial charge in [-0.15, -0.1) is 0 Å². The number of hydrogen-bond acceptors (Lipinski definition) is 3. The molecule has 138 valence electrons. The number of nitrogens with one attached hydrogen (secondary N) is 1. The molecule has 3 aromatic carbocycles. The highest BCUT2D eigenvalue weighted by molar-refractivity contribution is 5.44. The van der Waals surface area contributed by atoms with E-state index in [1.807, 2.05) is 30.3 Å². The summed E-state index contributed by atoms with van der Waals surface area (Å²) in [5.41, 5.74) is 4.44. The predicted molar refractivity (Wildman–Crippen MR) is 104 cm³/mol. The van der Waals surface area contributed by atoms with Crippen LogP contribution in [0.25, 0.3) is 0 Å². The topological polar surface area (TPSA) is 30.5 Å². The van der Waals surface area contributed by atoms with E-state index in [2.05, 4.69) is 29.6 Å². The summed E-state index contributed by atoms with van der Waals surface area (Å²) in [5, 5.41) is 3.49. The summed E-state index contributed by atoms with van der Waals surface area (Å²) in [6, 6.07) is 21.4. The van der Waals surface area contributed by atoms with Crippen LogP contribution in [-0.4, -0.2) is 13.7 Å². The largest absolute Gasteiger partial charge is 0.494 e. The molecule has 3 nitrogen and oxygen atoms in total. The molecule has 3 aromatic rings. The van der Waals surface area contributed by atoms with Crippen molar-refractivity contribution in [1.82, 2.24) is 5.32 Å². The molecule has 0 spiro atoms. The average Bonchev–Trinajstić information content (AvgIpc) is 2.72. The number of benzene rings is 3. The predicted octanol–water partition coefficient (Wildman–Crippen LogP) is 4.65. The van der Waals surface area contributed by atoms with E-state index in [0.717, 1.165) is 35.4 Å². The van der Waals surface area contributed by atoms with Gasteiger partial charge in [-0.1, -0.05) is 42.5 Å². The monoisotopic (exact) mass is 363 g/mol. The summed E-state index contributed by atoms with van der Waals surface area (Å²) in [4.78, 5) is 0. The quantitative estimate of drug-likeness (QED) is 0.716. The highest BCUT2D eigenvalue weighted by atomic mass is 19.1. The van der Waals surface area contributed by atoms with Crippen LogP contribution in [0.15, 0.2) is 66.7 Å². The van der Waals surface area contributed by atoms with Crippen molar-refractivity contribution in [2.24, 2.45) is 0 Å². The molecule has 1 heterocycles. The minimum absolute atomic E-state index is 0.0303. The maximum atomic E-state index is 14.1. The van der Waals surface area contributed by atoms with Crippen LogP contribution in [-0.2, 0) is 13.0 Å². The third kappa shape index (κ3) is 3.81. The molecule has 1 atom stereocenters. The molecule has 27 heavy (non-hydrogen) atoms. The maximum Gasteiger partial charge on any atom is 0.165 e. The van der Waals surface area contributed by atoms with Gasteiger partial charge in [0.15, 0.2) is 11.6 Å². The molecular weight excluding hydrogens is 341 g/mol. The molecule has 0 saturated heterocycles. The number of hydrogen-bond donors (Lipinski definition) is 1. The van der Waals surface area contributed by atoms with E-state index in [1.165, 1.54) is 12.7 Å². The van der Waals surface area contributed by atoms with Crippen LogP contribution in [0.5, 0.6) is 11.5 Å². The number of ether oxygens (including phenoxy) is 2. The Morgan fingerprint density at radius 3 is 2.67 bits per heavy atom. The first-order valence-electron chi connectivity index (χ1n) is 9.11. The Labute approximate surface area is 158 Å². The van der Waals surface area contributed by atoms with Crippen molar-refractivity contribution in [3.63, 3.8) is 0 Å². The fourth-order valence-electron chi connectivity index (χ4n) is 3.53. The average molecular weight is 363 g/mol. The molecule has 0 radical (unpaired) electrons. The number of rotatable bonds is 5. The molecule has 0 fully saturated rings. The van der Waals surface area contributed by atoms with Gasteiger partial charge in [0.1, 0.15) is 12.4 Å². The van der Waals surface area contributed by atoms with Gasteiger partial charge in [0, 0.05) is 6.54 Å². The van der Waals surface area contributed by atoms with Gasteiger partial charge >= 0.3 is 0 Å². The second kappa shape index (κ2) is 7.80. The Kier molecular flexibility index (Phi) is 5.07. The smallest absolute Gasteiger partial charge is 0.165 e. The van der Waals surface area contributed by atoms with E-state index in [4.69, 9.17) is 9.47 Å². The lowest BCUT2D eigenvalue weighted by atomic mass is 9.89. The standard InChI is InChI=1S/C23H22FNO2/c1-26-22-10-7-18(14-21(22)24)23-20-9-8-19(13-17(20)11-12-25-23)27-15-16-5-3-2-4-6-16/h2-10,13-14,23,25H,11-12,15H2,1H3. The molecular formula is C23H22FNO2. The molecule has 1 aliphatic heterocycles. The molecule has 0 bridgehead atoms. The Balaban J connectivity index is 1.55. The summed E-state index contributed by atoms with van der Waals surface area (Å²) in [7, 11) is 1.48. The summed E-state index contributed by atoms with van der Waals surface area (Å²) in [5.74, 6) is 0.783. The van der Waals surface area contributed by atoms with Gasteiger partial charge in [-0.2, -0.15) is 0 Å². The minimum Gasteiger partial charge on any atom is -0.494 e. The van der Waals surface area contributed by atoms with Crippen molar-refractivity contribution in [3.05, 3.63) is 94.8 Å². The van der Waals surface area contributed by atoms with E-state index < -0.39 is 0 Å². The van der Waals surface area contributed by atoms with Crippen molar-refractivity contribution >= 4 is 0 Å². The first-order chi connectivity index (χ1) is 13.2. The van der Waals surface area contributed by atoms with E-state index in [1.54, 1.807) is 12.1 Å². The van der Waals surface area contributed by atoms with Gasteiger partial charge in [-0.3, -0.25) is 0 Å². The molecule has 0 saturated carbocycles. The van der Waals surface area contributed by atoms with Crippen molar-refractivity contribution < 1.29 is 13.9 Å². The molecule has 1 N–H and O–H groups in total. The molecule has 4 rings (SSSR count). The lowest BCUT2D eigenvalue weighted by molar-refractivity contribution is 0.305. The van der Waals surface area contributed by atoms with Gasteiger partial charge in [-0.25, -0.2) is 4.39 Å². The van der Waals surface area contributed by atoms with Gasteiger partial charge in [0.25, 0.3) is 0 Å². The highest BCUT2D eigenvalue weighted by Crippen LogP contribution is 2.33. The Bertz CT molecular complexity index is 927. The Morgan fingerprint density at radius 2 is 1.89 bits per heavy atom. The van der Waals surface area contributed by atoms with Gasteiger partial charge < -0.3 is 14.8 Å². The van der Waals surface area contributed by atoms with Crippen LogP contribution < -0.4 is 14.8 Å². The van der Waals surface area contributed by atoms with Crippen molar-refractivity contribution in [3.8, 4) is 11.5 Å². The van der Waals surface area contributed by atoms with Crippen molar-refractivity contribution in [2.45, 2.75) is 19.1 Å². The summed E-state index contributed by atoms with van der Waals surface area (Å²) >= 11 is 0. The van der Waals surface area contributed by atoms with E-state index in [-0.39, 0.29) is 17.6 Å². The number of halogens is 1. The third-order valence-corrected chi connectivity index (χ3v) is 4.93. The molecule has 0 aliphatic carbocycles. The van der Waals surface area contributed by atoms with Gasteiger partial charge in [-0.05, 0) is 52.9 Å². The third-order valence-electron chi connectivity index (χ3n) is 4.93. The molecule has 1 aliphatic rings. The molecule has 1 unspecified atom stereocenters. The Hall–Kier alpha value is -2.85. The van der Waals surface area contributed by atoms with Crippen LogP contribution in [0.3, 0.4) is 0 Å². The fourth-order valence-corrected chi connectivity index (χ4v) is 3.53. The van der Waals surface area contributed by atoms with E-state index >= 15 is 0 Å². The highest BCUT2D eigenvalue weighted by Gasteiger charge is 2.22. The lowest BCUT2D eigenvalue weighted by Crippen LogP contribution is -2.30. The molecule has 4 heteroatoms. The van der Waals surface area contributed by atoms with Crippen LogP contribution in [0.4, 0.5) is 4.39 Å². The Morgan fingerprint density at radius 1 is 1.04 bits per heavy atom. The lowest BCUT2D eigenvalue weighted by Gasteiger charge is -2.28. The molecule has 0 aromatic heterocycles. The van der Waals surface area contributed by atoms with Crippen molar-refractivity contribution in [1.29, 1.82) is 0 Å². The molecule has 0 amide bonds. The zero-order valence-corrected chi connectivity index (χ0v) is 15.2. The second-order valence-corrected chi connectivity index (χ2v) is 6.67. The summed E-state index contributed by atoms with van der Waals surface area (Å²) in [6.45, 7) is 1.39. The van der Waals surface area contributed by atoms with Crippen LogP contribution in [0.1, 0.15) is 28.3 Å². The maximum absolute atomic E-state index is 14.1. The summed E-state index contributed by atoms with van der Waals surface area (Å²) in [6.07, 6.45) is 0.924. The van der Waals surface area contributed by atoms with E-state index in [9.17, 15) is 4.39 Å². The number of fused-ring (bicyclic) bond motifs is 1. The fraction of sp³-hybridized carbons (Fsp3) is 0.217.